The summed E-state index contributed by atoms with van der Waals surface area (Å²) in [5.41, 5.74) is 6.90. The Morgan fingerprint density at radius 2 is 2.41 bits per heavy atom. The Balaban J connectivity index is 2.10. The molecule has 2 heterocycles. The van der Waals surface area contributed by atoms with Crippen LogP contribution >= 0.6 is 15.9 Å². The molecular formula is C13H20BrN3. The van der Waals surface area contributed by atoms with Gasteiger partial charge in [0.1, 0.15) is 5.82 Å². The third kappa shape index (κ3) is 3.19. The number of anilines is 1. The molecule has 0 spiro atoms. The van der Waals surface area contributed by atoms with Crippen LogP contribution in [0.1, 0.15) is 24.8 Å². The molecule has 1 atom stereocenters. The monoisotopic (exact) mass is 297 g/mol. The van der Waals surface area contributed by atoms with E-state index in [1.54, 1.807) is 0 Å². The van der Waals surface area contributed by atoms with Crippen molar-refractivity contribution in [2.75, 3.05) is 24.5 Å². The minimum atomic E-state index is 0.735. The summed E-state index contributed by atoms with van der Waals surface area (Å²) in [6.07, 6.45) is 5.58. The van der Waals surface area contributed by atoms with Gasteiger partial charge >= 0.3 is 0 Å². The minimum absolute atomic E-state index is 0.735. The molecule has 0 aliphatic carbocycles. The smallest absolute Gasteiger partial charge is 0.131 e. The van der Waals surface area contributed by atoms with Crippen molar-refractivity contribution in [3.63, 3.8) is 0 Å². The van der Waals surface area contributed by atoms with Crippen LogP contribution in [0.2, 0.25) is 0 Å². The van der Waals surface area contributed by atoms with Gasteiger partial charge in [-0.3, -0.25) is 0 Å². The maximum atomic E-state index is 5.65. The fraction of sp³-hybridized carbons (Fsp3) is 0.615. The largest absolute Gasteiger partial charge is 0.356 e. The van der Waals surface area contributed by atoms with Crippen LogP contribution in [-0.2, 0) is 0 Å². The van der Waals surface area contributed by atoms with E-state index >= 15 is 0 Å². The van der Waals surface area contributed by atoms with E-state index in [1.165, 1.54) is 18.4 Å². The van der Waals surface area contributed by atoms with Gasteiger partial charge in [-0.25, -0.2) is 4.98 Å². The Bertz CT molecular complexity index is 379. The maximum absolute atomic E-state index is 5.65. The van der Waals surface area contributed by atoms with E-state index in [0.29, 0.717) is 0 Å². The Kier molecular flexibility index (Phi) is 4.40. The first-order chi connectivity index (χ1) is 8.20. The fourth-order valence-corrected chi connectivity index (χ4v) is 3.04. The van der Waals surface area contributed by atoms with Gasteiger partial charge in [-0.2, -0.15) is 0 Å². The zero-order valence-electron chi connectivity index (χ0n) is 10.3. The number of halogens is 1. The zero-order chi connectivity index (χ0) is 12.3. The highest BCUT2D eigenvalue weighted by Gasteiger charge is 2.21. The van der Waals surface area contributed by atoms with Crippen molar-refractivity contribution < 1.29 is 0 Å². The van der Waals surface area contributed by atoms with Gasteiger partial charge in [0.25, 0.3) is 0 Å². The van der Waals surface area contributed by atoms with Crippen molar-refractivity contribution in [1.82, 2.24) is 4.98 Å². The first-order valence-electron chi connectivity index (χ1n) is 6.28. The summed E-state index contributed by atoms with van der Waals surface area (Å²) in [5, 5.41) is 0. The minimum Gasteiger partial charge on any atom is -0.356 e. The molecule has 2 N–H and O–H groups in total. The van der Waals surface area contributed by atoms with Crippen molar-refractivity contribution in [3.8, 4) is 0 Å². The first kappa shape index (κ1) is 12.8. The number of pyridine rings is 1. The van der Waals surface area contributed by atoms with Crippen molar-refractivity contribution in [3.05, 3.63) is 22.3 Å². The predicted molar refractivity (Wildman–Crippen MR) is 75.3 cm³/mol. The summed E-state index contributed by atoms with van der Waals surface area (Å²) < 4.78 is 1.05. The normalized spacial score (nSPS) is 20.6. The van der Waals surface area contributed by atoms with E-state index in [-0.39, 0.29) is 0 Å². The second-order valence-corrected chi connectivity index (χ2v) is 5.74. The van der Waals surface area contributed by atoms with Gasteiger partial charge in [0.2, 0.25) is 0 Å². The molecule has 1 aromatic rings. The molecule has 17 heavy (non-hydrogen) atoms. The van der Waals surface area contributed by atoms with Crippen molar-refractivity contribution in [1.29, 1.82) is 0 Å². The number of rotatable bonds is 3. The summed E-state index contributed by atoms with van der Waals surface area (Å²) in [7, 11) is 0. The van der Waals surface area contributed by atoms with Crippen LogP contribution in [0, 0.1) is 12.8 Å². The number of nitrogens with two attached hydrogens (primary N) is 1. The lowest BCUT2D eigenvalue weighted by Crippen LogP contribution is -2.37. The summed E-state index contributed by atoms with van der Waals surface area (Å²) in [6.45, 7) is 5.15. The molecule has 0 saturated carbocycles. The van der Waals surface area contributed by atoms with Gasteiger partial charge in [-0.05, 0) is 66.2 Å². The van der Waals surface area contributed by atoms with E-state index in [1.807, 2.05) is 6.20 Å². The van der Waals surface area contributed by atoms with Crippen LogP contribution in [0.4, 0.5) is 5.82 Å². The SMILES string of the molecule is Cc1cc(Br)cnc1N1CCCC(CCN)C1. The highest BCUT2D eigenvalue weighted by atomic mass is 79.9. The summed E-state index contributed by atoms with van der Waals surface area (Å²) >= 11 is 3.46. The molecular weight excluding hydrogens is 278 g/mol. The van der Waals surface area contributed by atoms with Gasteiger partial charge in [0.15, 0.2) is 0 Å². The van der Waals surface area contributed by atoms with Crippen LogP contribution in [0.25, 0.3) is 0 Å². The topological polar surface area (TPSA) is 42.2 Å². The summed E-state index contributed by atoms with van der Waals surface area (Å²) in [5.74, 6) is 1.87. The molecule has 94 valence electrons. The lowest BCUT2D eigenvalue weighted by Gasteiger charge is -2.34. The molecule has 0 aromatic carbocycles. The number of aromatic nitrogens is 1. The molecule has 0 bridgehead atoms. The van der Waals surface area contributed by atoms with Gasteiger partial charge in [0, 0.05) is 23.8 Å². The number of hydrogen-bond acceptors (Lipinski definition) is 3. The molecule has 1 aliphatic heterocycles. The summed E-state index contributed by atoms with van der Waals surface area (Å²) in [4.78, 5) is 6.95. The molecule has 1 aromatic heterocycles. The van der Waals surface area contributed by atoms with Crippen molar-refractivity contribution in [2.45, 2.75) is 26.2 Å². The van der Waals surface area contributed by atoms with E-state index in [0.717, 1.165) is 42.3 Å². The number of piperidine rings is 1. The highest BCUT2D eigenvalue weighted by Crippen LogP contribution is 2.26. The first-order valence-corrected chi connectivity index (χ1v) is 7.07. The zero-order valence-corrected chi connectivity index (χ0v) is 11.9. The summed E-state index contributed by atoms with van der Waals surface area (Å²) in [6, 6.07) is 2.13. The lowest BCUT2D eigenvalue weighted by molar-refractivity contribution is 0.394. The van der Waals surface area contributed by atoms with Crippen molar-refractivity contribution >= 4 is 21.7 Å². The molecule has 1 aliphatic rings. The Morgan fingerprint density at radius 1 is 1.59 bits per heavy atom. The average Bonchev–Trinajstić information content (AvgIpc) is 2.29. The number of hydrogen-bond donors (Lipinski definition) is 1. The quantitative estimate of drug-likeness (QED) is 0.933. The third-order valence-electron chi connectivity index (χ3n) is 3.41. The van der Waals surface area contributed by atoms with E-state index in [2.05, 4.69) is 38.8 Å². The van der Waals surface area contributed by atoms with Crippen molar-refractivity contribution in [2.24, 2.45) is 11.7 Å². The van der Waals surface area contributed by atoms with Crippen LogP contribution in [0.5, 0.6) is 0 Å². The van der Waals surface area contributed by atoms with Crippen LogP contribution in [0.15, 0.2) is 16.7 Å². The fourth-order valence-electron chi connectivity index (χ4n) is 2.59. The Hall–Kier alpha value is -0.610. The standard InChI is InChI=1S/C13H20BrN3/c1-10-7-12(14)8-16-13(10)17-6-2-3-11(9-17)4-5-15/h7-8,11H,2-6,9,15H2,1H3. The maximum Gasteiger partial charge on any atom is 0.131 e. The molecule has 3 nitrogen and oxygen atoms in total. The van der Waals surface area contributed by atoms with Crippen LogP contribution in [0.3, 0.4) is 0 Å². The highest BCUT2D eigenvalue weighted by molar-refractivity contribution is 9.10. The molecule has 0 radical (unpaired) electrons. The number of nitrogens with zero attached hydrogens (tertiary/aromatic N) is 2. The molecule has 1 saturated heterocycles. The Morgan fingerprint density at radius 3 is 3.12 bits per heavy atom. The Labute approximate surface area is 112 Å². The molecule has 1 fully saturated rings. The average molecular weight is 298 g/mol. The van der Waals surface area contributed by atoms with E-state index in [4.69, 9.17) is 5.73 Å². The second kappa shape index (κ2) is 5.83. The predicted octanol–water partition coefficient (Wildman–Crippen LogP) is 2.72. The number of aryl methyl sites for hydroxylation is 1. The van der Waals surface area contributed by atoms with Gasteiger partial charge in [-0.15, -0.1) is 0 Å². The second-order valence-electron chi connectivity index (χ2n) is 4.83. The van der Waals surface area contributed by atoms with Crippen LogP contribution < -0.4 is 10.6 Å². The van der Waals surface area contributed by atoms with E-state index in [9.17, 15) is 0 Å². The molecule has 0 amide bonds. The van der Waals surface area contributed by atoms with E-state index < -0.39 is 0 Å². The van der Waals surface area contributed by atoms with Gasteiger partial charge < -0.3 is 10.6 Å². The molecule has 2 rings (SSSR count). The third-order valence-corrected chi connectivity index (χ3v) is 3.84. The molecule has 4 heteroatoms. The molecule has 1 unspecified atom stereocenters. The van der Waals surface area contributed by atoms with Gasteiger partial charge in [-0.1, -0.05) is 0 Å². The van der Waals surface area contributed by atoms with Gasteiger partial charge in [0.05, 0.1) is 0 Å². The lowest BCUT2D eigenvalue weighted by atomic mass is 9.94. The van der Waals surface area contributed by atoms with Crippen LogP contribution in [-0.4, -0.2) is 24.6 Å².